The van der Waals surface area contributed by atoms with Crippen molar-refractivity contribution in [3.05, 3.63) is 28.3 Å². The van der Waals surface area contributed by atoms with Crippen molar-refractivity contribution in [2.45, 2.75) is 46.5 Å². The van der Waals surface area contributed by atoms with Gasteiger partial charge in [0.1, 0.15) is 0 Å². The van der Waals surface area contributed by atoms with Gasteiger partial charge >= 0.3 is 0 Å². The Morgan fingerprint density at radius 1 is 1.21 bits per heavy atom. The normalized spacial score (nSPS) is 11.8. The van der Waals surface area contributed by atoms with E-state index in [4.69, 9.17) is 11.6 Å². The van der Waals surface area contributed by atoms with Gasteiger partial charge in [0.15, 0.2) is 0 Å². The third-order valence-electron chi connectivity index (χ3n) is 3.76. The molecule has 1 N–H and O–H groups in total. The predicted molar refractivity (Wildman–Crippen MR) is 100 cm³/mol. The first-order valence-electron chi connectivity index (χ1n) is 8.17. The number of sulfonamides is 1. The van der Waals surface area contributed by atoms with Crippen LogP contribution in [-0.4, -0.2) is 38.0 Å². The van der Waals surface area contributed by atoms with Gasteiger partial charge in [-0.2, -0.15) is 0 Å². The third kappa shape index (κ3) is 6.79. The molecule has 5 nitrogen and oxygen atoms in total. The van der Waals surface area contributed by atoms with Crippen LogP contribution in [0, 0.1) is 13.8 Å². The van der Waals surface area contributed by atoms with Gasteiger partial charge in [0, 0.05) is 19.5 Å². The molecule has 0 fully saturated rings. The molecule has 0 atom stereocenters. The quantitative estimate of drug-likeness (QED) is 0.669. The summed E-state index contributed by atoms with van der Waals surface area (Å²) >= 11 is 6.18. The Morgan fingerprint density at radius 2 is 1.88 bits per heavy atom. The molecule has 0 saturated carbocycles. The summed E-state index contributed by atoms with van der Waals surface area (Å²) in [4.78, 5) is 12.2. The minimum atomic E-state index is -3.31. The molecule has 1 aromatic carbocycles. The molecule has 0 aliphatic heterocycles. The molecular weight excluding hydrogens is 348 g/mol. The zero-order chi connectivity index (χ0) is 18.3. The van der Waals surface area contributed by atoms with Crippen molar-refractivity contribution in [3.8, 4) is 0 Å². The Bertz CT molecular complexity index is 651. The zero-order valence-corrected chi connectivity index (χ0v) is 16.4. The molecule has 0 bridgehead atoms. The van der Waals surface area contributed by atoms with Crippen LogP contribution in [0.2, 0.25) is 5.02 Å². The minimum Gasteiger partial charge on any atom is -0.325 e. The summed E-state index contributed by atoms with van der Waals surface area (Å²) in [6, 6.07) is 3.73. The van der Waals surface area contributed by atoms with Crippen LogP contribution in [0.3, 0.4) is 0 Å². The van der Waals surface area contributed by atoms with Crippen LogP contribution < -0.4 is 5.32 Å². The molecule has 0 aliphatic carbocycles. The van der Waals surface area contributed by atoms with Gasteiger partial charge in [0.25, 0.3) is 0 Å². The van der Waals surface area contributed by atoms with E-state index < -0.39 is 10.0 Å². The largest absolute Gasteiger partial charge is 0.325 e. The Labute approximate surface area is 150 Å². The van der Waals surface area contributed by atoms with Gasteiger partial charge in [0.2, 0.25) is 15.9 Å². The number of halogens is 1. The number of anilines is 1. The molecule has 0 aromatic heterocycles. The van der Waals surface area contributed by atoms with Crippen molar-refractivity contribution in [3.63, 3.8) is 0 Å². The molecular formula is C17H27ClN2O3S. The summed E-state index contributed by atoms with van der Waals surface area (Å²) in [5.74, 6) is -0.243. The number of benzene rings is 1. The summed E-state index contributed by atoms with van der Waals surface area (Å²) in [5.41, 5.74) is 2.50. The maximum absolute atomic E-state index is 12.2. The van der Waals surface area contributed by atoms with E-state index in [0.29, 0.717) is 17.3 Å². The van der Waals surface area contributed by atoms with E-state index in [0.717, 1.165) is 30.4 Å². The van der Waals surface area contributed by atoms with E-state index in [2.05, 4.69) is 12.2 Å². The molecule has 24 heavy (non-hydrogen) atoms. The van der Waals surface area contributed by atoms with Crippen LogP contribution in [-0.2, 0) is 14.8 Å². The Balaban J connectivity index is 2.67. The summed E-state index contributed by atoms with van der Waals surface area (Å²) in [6.45, 7) is 6.50. The fraction of sp³-hybridized carbons (Fsp3) is 0.588. The number of aryl methyl sites for hydroxylation is 2. The highest BCUT2D eigenvalue weighted by Gasteiger charge is 2.18. The first-order valence-corrected chi connectivity index (χ1v) is 10.4. The molecule has 7 heteroatoms. The number of carbonyl (C=O) groups excluding carboxylic acids is 1. The van der Waals surface area contributed by atoms with Crippen molar-refractivity contribution >= 4 is 33.2 Å². The summed E-state index contributed by atoms with van der Waals surface area (Å²) < 4.78 is 25.0. The second kappa shape index (κ2) is 9.39. The molecule has 1 aromatic rings. The SMILES string of the molecule is CCCCCN(CCC(=O)Nc1c(C)cc(C)cc1Cl)S(C)(=O)=O. The van der Waals surface area contributed by atoms with Gasteiger partial charge in [-0.25, -0.2) is 12.7 Å². The fourth-order valence-corrected chi connectivity index (χ4v) is 3.74. The highest BCUT2D eigenvalue weighted by molar-refractivity contribution is 7.88. The number of unbranched alkanes of at least 4 members (excludes halogenated alkanes) is 2. The van der Waals surface area contributed by atoms with Crippen LogP contribution >= 0.6 is 11.6 Å². The van der Waals surface area contributed by atoms with Crippen molar-refractivity contribution in [1.29, 1.82) is 0 Å². The minimum absolute atomic E-state index is 0.100. The topological polar surface area (TPSA) is 66.5 Å². The van der Waals surface area contributed by atoms with Crippen molar-refractivity contribution < 1.29 is 13.2 Å². The van der Waals surface area contributed by atoms with Crippen LogP contribution in [0.1, 0.15) is 43.7 Å². The number of nitrogens with zero attached hydrogens (tertiary/aromatic N) is 1. The molecule has 0 saturated heterocycles. The van der Waals surface area contributed by atoms with Gasteiger partial charge in [-0.1, -0.05) is 37.4 Å². The standard InChI is InChI=1S/C17H27ClN2O3S/c1-5-6-7-9-20(24(4,22)23)10-8-16(21)19-17-14(3)11-13(2)12-15(17)18/h11-12H,5-10H2,1-4H3,(H,19,21). The molecule has 0 aliphatic rings. The van der Waals surface area contributed by atoms with Gasteiger partial charge in [-0.3, -0.25) is 4.79 Å². The smallest absolute Gasteiger partial charge is 0.225 e. The number of amides is 1. The Morgan fingerprint density at radius 3 is 2.42 bits per heavy atom. The highest BCUT2D eigenvalue weighted by Crippen LogP contribution is 2.27. The summed E-state index contributed by atoms with van der Waals surface area (Å²) in [6.07, 6.45) is 4.06. The predicted octanol–water partition coefficient (Wildman–Crippen LogP) is 3.74. The number of hydrogen-bond acceptors (Lipinski definition) is 3. The zero-order valence-electron chi connectivity index (χ0n) is 14.9. The Kier molecular flexibility index (Phi) is 8.19. The average Bonchev–Trinajstić information content (AvgIpc) is 2.45. The number of rotatable bonds is 9. The lowest BCUT2D eigenvalue weighted by Crippen LogP contribution is -2.34. The first-order chi connectivity index (χ1) is 11.1. The van der Waals surface area contributed by atoms with E-state index in [-0.39, 0.29) is 18.9 Å². The molecule has 0 spiro atoms. The van der Waals surface area contributed by atoms with Crippen molar-refractivity contribution in [2.24, 2.45) is 0 Å². The second-order valence-corrected chi connectivity index (χ2v) is 8.50. The number of nitrogens with one attached hydrogen (secondary N) is 1. The van der Waals surface area contributed by atoms with Gasteiger partial charge < -0.3 is 5.32 Å². The van der Waals surface area contributed by atoms with Crippen molar-refractivity contribution in [2.75, 3.05) is 24.7 Å². The highest BCUT2D eigenvalue weighted by atomic mass is 35.5. The van der Waals surface area contributed by atoms with Crippen LogP contribution in [0.15, 0.2) is 12.1 Å². The van der Waals surface area contributed by atoms with E-state index in [1.54, 1.807) is 6.07 Å². The van der Waals surface area contributed by atoms with Crippen molar-refractivity contribution in [1.82, 2.24) is 4.31 Å². The van der Waals surface area contributed by atoms with E-state index in [9.17, 15) is 13.2 Å². The monoisotopic (exact) mass is 374 g/mol. The van der Waals surface area contributed by atoms with Gasteiger partial charge in [-0.15, -0.1) is 0 Å². The number of carbonyl (C=O) groups is 1. The molecule has 1 rings (SSSR count). The van der Waals surface area contributed by atoms with Crippen LogP contribution in [0.5, 0.6) is 0 Å². The van der Waals surface area contributed by atoms with Crippen LogP contribution in [0.25, 0.3) is 0 Å². The molecule has 1 amide bonds. The first kappa shape index (κ1) is 20.9. The molecule has 0 radical (unpaired) electrons. The third-order valence-corrected chi connectivity index (χ3v) is 5.37. The lowest BCUT2D eigenvalue weighted by molar-refractivity contribution is -0.116. The Hall–Kier alpha value is -1.11. The summed E-state index contributed by atoms with van der Waals surface area (Å²) in [7, 11) is -3.31. The van der Waals surface area contributed by atoms with E-state index in [1.807, 2.05) is 19.9 Å². The molecule has 0 heterocycles. The van der Waals surface area contributed by atoms with Gasteiger partial charge in [0.05, 0.1) is 17.0 Å². The van der Waals surface area contributed by atoms with E-state index in [1.165, 1.54) is 10.6 Å². The maximum atomic E-state index is 12.2. The molecule has 136 valence electrons. The summed E-state index contributed by atoms with van der Waals surface area (Å²) in [5, 5.41) is 3.28. The van der Waals surface area contributed by atoms with Crippen LogP contribution in [0.4, 0.5) is 5.69 Å². The lowest BCUT2D eigenvalue weighted by Gasteiger charge is -2.20. The number of hydrogen-bond donors (Lipinski definition) is 1. The van der Waals surface area contributed by atoms with E-state index >= 15 is 0 Å². The lowest BCUT2D eigenvalue weighted by atomic mass is 10.1. The maximum Gasteiger partial charge on any atom is 0.225 e. The average molecular weight is 375 g/mol. The second-order valence-electron chi connectivity index (χ2n) is 6.11. The fourth-order valence-electron chi connectivity index (χ4n) is 2.48. The van der Waals surface area contributed by atoms with Gasteiger partial charge in [-0.05, 0) is 37.5 Å². The molecule has 0 unspecified atom stereocenters.